The summed E-state index contributed by atoms with van der Waals surface area (Å²) in [6, 6.07) is 0. The van der Waals surface area contributed by atoms with Crippen LogP contribution < -0.4 is 0 Å². The van der Waals surface area contributed by atoms with E-state index in [2.05, 4.69) is 0 Å². The fourth-order valence-corrected chi connectivity index (χ4v) is 1.96. The van der Waals surface area contributed by atoms with Crippen molar-refractivity contribution in [3.8, 4) is 0 Å². The van der Waals surface area contributed by atoms with E-state index in [4.69, 9.17) is 11.6 Å². The minimum Gasteiger partial charge on any atom is -0.341 e. The molecule has 0 saturated carbocycles. The van der Waals surface area contributed by atoms with E-state index in [1.807, 2.05) is 0 Å². The molecule has 0 radical (unpaired) electrons. The molecule has 2 atom stereocenters. The van der Waals surface area contributed by atoms with Crippen LogP contribution in [0.1, 0.15) is 26.2 Å². The lowest BCUT2D eigenvalue weighted by atomic mass is 9.97. The summed E-state index contributed by atoms with van der Waals surface area (Å²) < 4.78 is 37.5. The summed E-state index contributed by atoms with van der Waals surface area (Å²) in [6.45, 7) is 1.88. The second kappa shape index (κ2) is 5.25. The minimum atomic E-state index is -4.22. The quantitative estimate of drug-likeness (QED) is 0.697. The zero-order valence-corrected chi connectivity index (χ0v) is 9.81. The average Bonchev–Trinajstić information content (AvgIpc) is 2.26. The van der Waals surface area contributed by atoms with Crippen molar-refractivity contribution >= 4 is 17.5 Å². The van der Waals surface area contributed by atoms with E-state index in [0.29, 0.717) is 19.4 Å². The lowest BCUT2D eigenvalue weighted by molar-refractivity contribution is -0.188. The van der Waals surface area contributed by atoms with Gasteiger partial charge in [0.2, 0.25) is 5.91 Å². The maximum Gasteiger partial charge on any atom is 0.393 e. The third-order valence-corrected chi connectivity index (χ3v) is 3.32. The normalized spacial score (nSPS) is 24.3. The van der Waals surface area contributed by atoms with Crippen molar-refractivity contribution in [3.05, 3.63) is 0 Å². The molecule has 1 heterocycles. The molecule has 0 spiro atoms. The van der Waals surface area contributed by atoms with Gasteiger partial charge in [-0.2, -0.15) is 13.2 Å². The van der Waals surface area contributed by atoms with E-state index < -0.39 is 17.5 Å². The molecule has 1 fully saturated rings. The molecule has 1 amide bonds. The molecule has 0 aromatic rings. The first kappa shape index (κ1) is 13.6. The largest absolute Gasteiger partial charge is 0.393 e. The Balaban J connectivity index is 2.60. The number of hydrogen-bond acceptors (Lipinski definition) is 1. The van der Waals surface area contributed by atoms with Crippen molar-refractivity contribution in [2.45, 2.75) is 37.7 Å². The van der Waals surface area contributed by atoms with Gasteiger partial charge < -0.3 is 4.90 Å². The van der Waals surface area contributed by atoms with Gasteiger partial charge in [-0.25, -0.2) is 0 Å². The number of halogens is 4. The first-order valence-corrected chi connectivity index (χ1v) is 5.79. The SMILES string of the molecule is CC[C@@H](Cl)C(=O)N1CCC[C@@H](C(F)(F)F)C1. The summed E-state index contributed by atoms with van der Waals surface area (Å²) >= 11 is 5.74. The molecule has 94 valence electrons. The molecule has 0 aromatic heterocycles. The Morgan fingerprint density at radius 2 is 2.19 bits per heavy atom. The Labute approximate surface area is 97.7 Å². The van der Waals surface area contributed by atoms with Gasteiger partial charge in [0.15, 0.2) is 0 Å². The molecule has 0 N–H and O–H groups in total. The smallest absolute Gasteiger partial charge is 0.341 e. The molecular formula is C10H15ClF3NO. The fourth-order valence-electron chi connectivity index (χ4n) is 1.82. The fraction of sp³-hybridized carbons (Fsp3) is 0.900. The summed E-state index contributed by atoms with van der Waals surface area (Å²) in [4.78, 5) is 12.9. The van der Waals surface area contributed by atoms with Gasteiger partial charge >= 0.3 is 6.18 Å². The number of rotatable bonds is 2. The predicted octanol–water partition coefficient (Wildman–Crippen LogP) is 2.80. The molecule has 1 rings (SSSR count). The van der Waals surface area contributed by atoms with Crippen LogP contribution in [0.5, 0.6) is 0 Å². The Morgan fingerprint density at radius 1 is 1.56 bits per heavy atom. The number of nitrogens with zero attached hydrogens (tertiary/aromatic N) is 1. The summed E-state index contributed by atoms with van der Waals surface area (Å²) in [5, 5.41) is -0.702. The molecule has 1 aliphatic rings. The Hall–Kier alpha value is -0.450. The van der Waals surface area contributed by atoms with Gasteiger partial charge in [-0.15, -0.1) is 11.6 Å². The highest BCUT2D eigenvalue weighted by Gasteiger charge is 2.43. The number of hydrogen-bond donors (Lipinski definition) is 0. The molecule has 0 aromatic carbocycles. The summed E-state index contributed by atoms with van der Waals surface area (Å²) in [6.07, 6.45) is -3.28. The van der Waals surface area contributed by atoms with E-state index in [-0.39, 0.29) is 18.9 Å². The van der Waals surface area contributed by atoms with E-state index in [0.717, 1.165) is 0 Å². The van der Waals surface area contributed by atoms with Crippen LogP contribution in [0, 0.1) is 5.92 Å². The van der Waals surface area contributed by atoms with Crippen molar-refractivity contribution in [2.75, 3.05) is 13.1 Å². The van der Waals surface area contributed by atoms with E-state index in [1.165, 1.54) is 4.90 Å². The maximum atomic E-state index is 12.5. The Bertz CT molecular complexity index is 257. The molecule has 1 saturated heterocycles. The first-order valence-electron chi connectivity index (χ1n) is 5.35. The lowest BCUT2D eigenvalue weighted by Crippen LogP contribution is -2.47. The topological polar surface area (TPSA) is 20.3 Å². The standard InChI is InChI=1S/C10H15ClF3NO/c1-2-8(11)9(16)15-5-3-4-7(6-15)10(12,13)14/h7-8H,2-6H2,1H3/t7-,8-/m1/s1. The number of likely N-dealkylation sites (tertiary alicyclic amines) is 1. The summed E-state index contributed by atoms with van der Waals surface area (Å²) in [5.74, 6) is -1.77. The Kier molecular flexibility index (Phi) is 4.47. The summed E-state index contributed by atoms with van der Waals surface area (Å²) in [7, 11) is 0. The number of alkyl halides is 4. The third-order valence-electron chi connectivity index (χ3n) is 2.82. The first-order chi connectivity index (χ1) is 7.36. The Morgan fingerprint density at radius 3 is 2.69 bits per heavy atom. The second-order valence-electron chi connectivity index (χ2n) is 4.04. The van der Waals surface area contributed by atoms with Crippen molar-refractivity contribution in [1.82, 2.24) is 4.90 Å². The highest BCUT2D eigenvalue weighted by atomic mass is 35.5. The third kappa shape index (κ3) is 3.27. The van der Waals surface area contributed by atoms with Gasteiger partial charge in [0.25, 0.3) is 0 Å². The van der Waals surface area contributed by atoms with Crippen LogP contribution in [-0.4, -0.2) is 35.4 Å². The molecule has 1 aliphatic heterocycles. The van der Waals surface area contributed by atoms with Crippen LogP contribution in [0.3, 0.4) is 0 Å². The second-order valence-corrected chi connectivity index (χ2v) is 4.57. The van der Waals surface area contributed by atoms with E-state index >= 15 is 0 Å². The zero-order chi connectivity index (χ0) is 12.3. The van der Waals surface area contributed by atoms with Crippen molar-refractivity contribution in [2.24, 2.45) is 5.92 Å². The van der Waals surface area contributed by atoms with Crippen molar-refractivity contribution in [3.63, 3.8) is 0 Å². The average molecular weight is 258 g/mol. The molecule has 0 bridgehead atoms. The van der Waals surface area contributed by atoms with Gasteiger partial charge in [0, 0.05) is 13.1 Å². The van der Waals surface area contributed by atoms with Crippen LogP contribution >= 0.6 is 11.6 Å². The van der Waals surface area contributed by atoms with E-state index in [1.54, 1.807) is 6.92 Å². The molecule has 2 nitrogen and oxygen atoms in total. The van der Waals surface area contributed by atoms with Gasteiger partial charge in [-0.05, 0) is 19.3 Å². The van der Waals surface area contributed by atoms with Crippen LogP contribution in [0.4, 0.5) is 13.2 Å². The molecule has 0 unspecified atom stereocenters. The summed E-state index contributed by atoms with van der Waals surface area (Å²) in [5.41, 5.74) is 0. The molecule has 0 aliphatic carbocycles. The van der Waals surface area contributed by atoms with Gasteiger partial charge in [-0.3, -0.25) is 4.79 Å². The number of carbonyl (C=O) groups is 1. The number of piperidine rings is 1. The van der Waals surface area contributed by atoms with Gasteiger partial charge in [0.1, 0.15) is 5.38 Å². The van der Waals surface area contributed by atoms with Crippen LogP contribution in [0.2, 0.25) is 0 Å². The highest BCUT2D eigenvalue weighted by molar-refractivity contribution is 6.30. The predicted molar refractivity (Wildman–Crippen MR) is 55.3 cm³/mol. The van der Waals surface area contributed by atoms with Gasteiger partial charge in [-0.1, -0.05) is 6.92 Å². The highest BCUT2D eigenvalue weighted by Crippen LogP contribution is 2.33. The van der Waals surface area contributed by atoms with Crippen molar-refractivity contribution in [1.29, 1.82) is 0 Å². The number of amides is 1. The van der Waals surface area contributed by atoms with E-state index in [9.17, 15) is 18.0 Å². The molecular weight excluding hydrogens is 243 g/mol. The maximum absolute atomic E-state index is 12.5. The van der Waals surface area contributed by atoms with Crippen LogP contribution in [-0.2, 0) is 4.79 Å². The van der Waals surface area contributed by atoms with Gasteiger partial charge in [0.05, 0.1) is 5.92 Å². The van der Waals surface area contributed by atoms with Crippen LogP contribution in [0.15, 0.2) is 0 Å². The minimum absolute atomic E-state index is 0.104. The lowest BCUT2D eigenvalue weighted by Gasteiger charge is -2.34. The van der Waals surface area contributed by atoms with Crippen molar-refractivity contribution < 1.29 is 18.0 Å². The molecule has 6 heteroatoms. The van der Waals surface area contributed by atoms with Crippen LogP contribution in [0.25, 0.3) is 0 Å². The monoisotopic (exact) mass is 257 g/mol. The number of carbonyl (C=O) groups excluding carboxylic acids is 1. The molecule has 16 heavy (non-hydrogen) atoms. The zero-order valence-electron chi connectivity index (χ0n) is 9.06.